The summed E-state index contributed by atoms with van der Waals surface area (Å²) >= 11 is 0. The van der Waals surface area contributed by atoms with Crippen LogP contribution in [0.1, 0.15) is 42.3 Å². The van der Waals surface area contributed by atoms with Gasteiger partial charge in [0.15, 0.2) is 5.69 Å². The molecule has 3 rings (SSSR count). The molecule has 0 aliphatic heterocycles. The highest BCUT2D eigenvalue weighted by molar-refractivity contribution is 6.05. The molecule has 0 bridgehead atoms. The number of hydrogen-bond acceptors (Lipinski definition) is 3. The number of hydrogen-bond donors (Lipinski definition) is 2. The molecule has 0 aliphatic carbocycles. The normalized spacial score (nSPS) is 12.6. The van der Waals surface area contributed by atoms with Crippen LogP contribution in [-0.2, 0) is 17.6 Å². The van der Waals surface area contributed by atoms with Crippen molar-refractivity contribution in [3.05, 3.63) is 82.7 Å². The Morgan fingerprint density at radius 2 is 1.69 bits per heavy atom. The third-order valence-corrected chi connectivity index (χ3v) is 5.38. The monoisotopic (exact) mass is 484 g/mol. The molecule has 182 valence electrons. The summed E-state index contributed by atoms with van der Waals surface area (Å²) in [6.07, 6.45) is -4.47. The number of rotatable bonds is 6. The molecule has 9 heteroatoms. The standard InChI is InChI=1S/C26H23F3N2O4/c1-25(2,3)22(24(33)34)31-23(32)19-12-8-16-7-11-18(30-4)13-20(16)21(19)35-14-15-5-9-17(10-6-15)26(27,28)29/h5-13,22H,14H2,1-3H3,(H,31,32)(H,33,34)/t22-/m1/s1. The van der Waals surface area contributed by atoms with Crippen molar-refractivity contribution in [3.63, 3.8) is 0 Å². The number of carboxylic acid groups (broad SMARTS) is 1. The molecule has 3 aromatic rings. The fourth-order valence-electron chi connectivity index (χ4n) is 3.49. The number of nitrogens with zero attached hydrogens (tertiary/aromatic N) is 1. The Morgan fingerprint density at radius 3 is 2.23 bits per heavy atom. The zero-order chi connectivity index (χ0) is 26.0. The first-order valence-electron chi connectivity index (χ1n) is 10.6. The van der Waals surface area contributed by atoms with Crippen molar-refractivity contribution >= 4 is 28.3 Å². The van der Waals surface area contributed by atoms with E-state index >= 15 is 0 Å². The van der Waals surface area contributed by atoms with Crippen LogP contribution in [0.2, 0.25) is 0 Å². The number of aliphatic carboxylic acids is 1. The molecular formula is C26H23F3N2O4. The van der Waals surface area contributed by atoms with Crippen LogP contribution in [0.5, 0.6) is 5.75 Å². The summed E-state index contributed by atoms with van der Waals surface area (Å²) in [7, 11) is 0. The van der Waals surface area contributed by atoms with Gasteiger partial charge in [-0.15, -0.1) is 0 Å². The van der Waals surface area contributed by atoms with Crippen molar-refractivity contribution in [2.75, 3.05) is 0 Å². The van der Waals surface area contributed by atoms with Gasteiger partial charge in [0, 0.05) is 5.39 Å². The lowest BCUT2D eigenvalue weighted by atomic mass is 9.86. The van der Waals surface area contributed by atoms with Crippen LogP contribution in [0.3, 0.4) is 0 Å². The minimum atomic E-state index is -4.47. The quantitative estimate of drug-likeness (QED) is 0.407. The molecule has 0 spiro atoms. The molecule has 0 saturated carbocycles. The van der Waals surface area contributed by atoms with E-state index in [1.807, 2.05) is 0 Å². The predicted molar refractivity (Wildman–Crippen MR) is 124 cm³/mol. The van der Waals surface area contributed by atoms with Gasteiger partial charge in [-0.25, -0.2) is 9.64 Å². The third kappa shape index (κ3) is 5.90. The number of carbonyl (C=O) groups is 2. The van der Waals surface area contributed by atoms with E-state index in [1.54, 1.807) is 45.0 Å². The van der Waals surface area contributed by atoms with Gasteiger partial charge < -0.3 is 15.2 Å². The zero-order valence-electron chi connectivity index (χ0n) is 19.2. The van der Waals surface area contributed by atoms with Gasteiger partial charge in [0.2, 0.25) is 0 Å². The Balaban J connectivity index is 2.01. The van der Waals surface area contributed by atoms with Crippen LogP contribution in [0.25, 0.3) is 15.6 Å². The zero-order valence-corrected chi connectivity index (χ0v) is 19.2. The first-order chi connectivity index (χ1) is 16.3. The largest absolute Gasteiger partial charge is 0.487 e. The fourth-order valence-corrected chi connectivity index (χ4v) is 3.49. The molecule has 1 atom stereocenters. The van der Waals surface area contributed by atoms with Gasteiger partial charge in [-0.2, -0.15) is 13.2 Å². The Morgan fingerprint density at radius 1 is 1.06 bits per heavy atom. The van der Waals surface area contributed by atoms with Gasteiger partial charge >= 0.3 is 12.1 Å². The molecule has 0 aliphatic rings. The maximum atomic E-state index is 13.2. The van der Waals surface area contributed by atoms with Crippen LogP contribution in [0, 0.1) is 12.0 Å². The van der Waals surface area contributed by atoms with Crippen molar-refractivity contribution in [2.24, 2.45) is 5.41 Å². The Hall–Kier alpha value is -4.06. The summed E-state index contributed by atoms with van der Waals surface area (Å²) in [6, 6.07) is 11.2. The van der Waals surface area contributed by atoms with Crippen LogP contribution in [0.4, 0.5) is 18.9 Å². The minimum Gasteiger partial charge on any atom is -0.487 e. The SMILES string of the molecule is [C-]#[N+]c1ccc2ccc(C(=O)N[C@H](C(=O)O)C(C)(C)C)c(OCc3ccc(C(F)(F)F)cc3)c2c1. The van der Waals surface area contributed by atoms with Crippen molar-refractivity contribution in [3.8, 4) is 5.75 Å². The Labute approximate surface area is 200 Å². The van der Waals surface area contributed by atoms with Gasteiger partial charge in [-0.05, 0) is 40.6 Å². The topological polar surface area (TPSA) is 80.0 Å². The molecule has 3 aromatic carbocycles. The van der Waals surface area contributed by atoms with Gasteiger partial charge in [0.25, 0.3) is 5.91 Å². The maximum absolute atomic E-state index is 13.2. The van der Waals surface area contributed by atoms with E-state index in [2.05, 4.69) is 10.2 Å². The first kappa shape index (κ1) is 25.6. The van der Waals surface area contributed by atoms with Gasteiger partial charge in [0.05, 0.1) is 17.7 Å². The molecule has 0 unspecified atom stereocenters. The summed E-state index contributed by atoms with van der Waals surface area (Å²) in [6.45, 7) is 12.2. The summed E-state index contributed by atoms with van der Waals surface area (Å²) in [5.41, 5.74) is -0.804. The van der Waals surface area contributed by atoms with E-state index in [9.17, 15) is 27.9 Å². The number of amides is 1. The summed E-state index contributed by atoms with van der Waals surface area (Å²) < 4.78 is 44.5. The van der Waals surface area contributed by atoms with Crippen LogP contribution < -0.4 is 10.1 Å². The second-order valence-electron chi connectivity index (χ2n) is 9.05. The van der Waals surface area contributed by atoms with Gasteiger partial charge in [-0.1, -0.05) is 51.1 Å². The third-order valence-electron chi connectivity index (χ3n) is 5.38. The lowest BCUT2D eigenvalue weighted by Gasteiger charge is -2.28. The van der Waals surface area contributed by atoms with Crippen molar-refractivity contribution in [2.45, 2.75) is 39.6 Å². The molecule has 0 fully saturated rings. The number of halogens is 3. The van der Waals surface area contributed by atoms with E-state index in [0.29, 0.717) is 22.0 Å². The number of alkyl halides is 3. The minimum absolute atomic E-state index is 0.0436. The number of fused-ring (bicyclic) bond motifs is 1. The molecular weight excluding hydrogens is 461 g/mol. The molecule has 0 aromatic heterocycles. The lowest BCUT2D eigenvalue weighted by Crippen LogP contribution is -2.49. The number of carbonyl (C=O) groups excluding carboxylic acids is 1. The average molecular weight is 484 g/mol. The van der Waals surface area contributed by atoms with Crippen molar-refractivity contribution < 1.29 is 32.6 Å². The first-order valence-corrected chi connectivity index (χ1v) is 10.6. The number of carboxylic acids is 1. The van der Waals surface area contributed by atoms with E-state index in [4.69, 9.17) is 11.3 Å². The number of benzene rings is 3. The average Bonchev–Trinajstić information content (AvgIpc) is 2.79. The molecule has 2 N–H and O–H groups in total. The van der Waals surface area contributed by atoms with E-state index in [0.717, 1.165) is 12.1 Å². The van der Waals surface area contributed by atoms with Gasteiger partial charge in [0.1, 0.15) is 18.4 Å². The number of nitrogens with one attached hydrogen (secondary N) is 1. The molecule has 35 heavy (non-hydrogen) atoms. The van der Waals surface area contributed by atoms with Crippen molar-refractivity contribution in [1.29, 1.82) is 0 Å². The lowest BCUT2D eigenvalue weighted by molar-refractivity contribution is -0.142. The second-order valence-corrected chi connectivity index (χ2v) is 9.05. The molecule has 0 saturated heterocycles. The highest BCUT2D eigenvalue weighted by Gasteiger charge is 2.34. The van der Waals surface area contributed by atoms with E-state index in [-0.39, 0.29) is 17.9 Å². The van der Waals surface area contributed by atoms with Crippen LogP contribution >= 0.6 is 0 Å². The highest BCUT2D eigenvalue weighted by Crippen LogP contribution is 2.34. The summed E-state index contributed by atoms with van der Waals surface area (Å²) in [4.78, 5) is 28.3. The molecule has 6 nitrogen and oxygen atoms in total. The van der Waals surface area contributed by atoms with Crippen LogP contribution in [-0.4, -0.2) is 23.0 Å². The van der Waals surface area contributed by atoms with Crippen LogP contribution in [0.15, 0.2) is 54.6 Å². The predicted octanol–water partition coefficient (Wildman–Crippen LogP) is 6.22. The Kier molecular flexibility index (Phi) is 7.06. The Bertz CT molecular complexity index is 1300. The maximum Gasteiger partial charge on any atom is 0.416 e. The van der Waals surface area contributed by atoms with Gasteiger partial charge in [-0.3, -0.25) is 4.79 Å². The summed E-state index contributed by atoms with van der Waals surface area (Å²) in [5, 5.41) is 13.2. The van der Waals surface area contributed by atoms with E-state index < -0.39 is 35.1 Å². The highest BCUT2D eigenvalue weighted by atomic mass is 19.4. The molecule has 0 heterocycles. The molecule has 1 amide bonds. The van der Waals surface area contributed by atoms with Crippen molar-refractivity contribution in [1.82, 2.24) is 5.32 Å². The molecule has 0 radical (unpaired) electrons. The fraction of sp³-hybridized carbons (Fsp3) is 0.269. The van der Waals surface area contributed by atoms with E-state index in [1.165, 1.54) is 18.2 Å². The summed E-state index contributed by atoms with van der Waals surface area (Å²) in [5.74, 6) is -1.79. The second kappa shape index (κ2) is 9.66. The smallest absolute Gasteiger partial charge is 0.416 e. The number of ether oxygens (including phenoxy) is 1.